The first-order valence-electron chi connectivity index (χ1n) is 9.93. The van der Waals surface area contributed by atoms with Crippen molar-refractivity contribution in [2.75, 3.05) is 0 Å². The molecule has 0 aliphatic carbocycles. The Morgan fingerprint density at radius 3 is 2.77 bits per heavy atom. The maximum absolute atomic E-state index is 13.0. The number of aliphatic hydroxyl groups excluding tert-OH is 1. The molecule has 0 radical (unpaired) electrons. The van der Waals surface area contributed by atoms with E-state index in [1.54, 1.807) is 16.7 Å². The molecule has 4 heterocycles. The number of cyclic esters (lactones) is 1. The summed E-state index contributed by atoms with van der Waals surface area (Å²) < 4.78 is 6.53. The van der Waals surface area contributed by atoms with Gasteiger partial charge >= 0.3 is 5.97 Å². The van der Waals surface area contributed by atoms with Gasteiger partial charge in [0.2, 0.25) is 0 Å². The number of carbonyl (C=O) groups excluding carboxylic acids is 1. The molecule has 154 valence electrons. The number of ether oxygens (including phenoxy) is 1. The number of aliphatic hydroxyl groups is 1. The van der Waals surface area contributed by atoms with Crippen LogP contribution >= 0.6 is 0 Å². The molecule has 0 saturated heterocycles. The topological polar surface area (TPSA) is 107 Å². The number of nitrogens with zero attached hydrogens (tertiary/aromatic N) is 2. The molecule has 30 heavy (non-hydrogen) atoms. The van der Waals surface area contributed by atoms with Crippen molar-refractivity contribution in [3.8, 4) is 11.4 Å². The molecular weight excluding hydrogens is 382 g/mol. The Morgan fingerprint density at radius 1 is 1.30 bits per heavy atom. The third-order valence-corrected chi connectivity index (χ3v) is 5.54. The Hall–Kier alpha value is -3.29. The fourth-order valence-electron chi connectivity index (χ4n) is 4.09. The molecule has 7 nitrogen and oxygen atoms in total. The summed E-state index contributed by atoms with van der Waals surface area (Å²) in [5.74, 6) is -0.749. The summed E-state index contributed by atoms with van der Waals surface area (Å²) in [6.07, 6.45) is 0.301. The highest BCUT2D eigenvalue weighted by Crippen LogP contribution is 2.37. The molecule has 0 amide bonds. The summed E-state index contributed by atoms with van der Waals surface area (Å²) in [7, 11) is 0. The van der Waals surface area contributed by atoms with Crippen LogP contribution in [0, 0.1) is 0 Å². The molecule has 2 aliphatic heterocycles. The molecule has 1 aromatic carbocycles. The SMILES string of the molecule is C=Cc1ccc2nc3c(c(CN)c2c1)Cn1c-3cc2c(c1=O)COC(=O)C2O.CC. The first-order chi connectivity index (χ1) is 14.5. The van der Waals surface area contributed by atoms with Crippen molar-refractivity contribution in [1.82, 2.24) is 9.55 Å². The van der Waals surface area contributed by atoms with Crippen LogP contribution < -0.4 is 11.3 Å². The molecule has 0 fully saturated rings. The van der Waals surface area contributed by atoms with E-state index in [2.05, 4.69) is 6.58 Å². The first kappa shape index (κ1) is 20.0. The van der Waals surface area contributed by atoms with Crippen LogP contribution in [-0.2, 0) is 29.2 Å². The molecule has 5 rings (SSSR count). The number of carbonyl (C=O) groups is 1. The van der Waals surface area contributed by atoms with Gasteiger partial charge in [0.25, 0.3) is 5.56 Å². The van der Waals surface area contributed by atoms with Gasteiger partial charge in [-0.2, -0.15) is 0 Å². The predicted octanol–water partition coefficient (Wildman–Crippen LogP) is 2.64. The summed E-state index contributed by atoms with van der Waals surface area (Å²) in [5, 5.41) is 11.1. The second-order valence-electron chi connectivity index (χ2n) is 6.97. The molecule has 3 aromatic rings. The van der Waals surface area contributed by atoms with Crippen LogP contribution in [0.4, 0.5) is 0 Å². The fraction of sp³-hybridized carbons (Fsp3) is 0.261. The lowest BCUT2D eigenvalue weighted by Gasteiger charge is -2.21. The lowest BCUT2D eigenvalue weighted by atomic mass is 9.98. The van der Waals surface area contributed by atoms with E-state index in [1.165, 1.54) is 0 Å². The maximum Gasteiger partial charge on any atom is 0.340 e. The van der Waals surface area contributed by atoms with E-state index >= 15 is 0 Å². The van der Waals surface area contributed by atoms with E-state index < -0.39 is 12.1 Å². The van der Waals surface area contributed by atoms with Gasteiger partial charge in [0.05, 0.1) is 29.0 Å². The number of esters is 1. The Bertz CT molecular complexity index is 1260. The molecule has 1 unspecified atom stereocenters. The molecule has 1 atom stereocenters. The molecule has 2 aromatic heterocycles. The number of hydrogen-bond acceptors (Lipinski definition) is 6. The predicted molar refractivity (Wildman–Crippen MR) is 115 cm³/mol. The molecule has 7 heteroatoms. The zero-order valence-corrected chi connectivity index (χ0v) is 16.9. The highest BCUT2D eigenvalue weighted by atomic mass is 16.5. The number of hydrogen-bond donors (Lipinski definition) is 2. The van der Waals surface area contributed by atoms with Gasteiger partial charge in [-0.1, -0.05) is 32.6 Å². The van der Waals surface area contributed by atoms with Gasteiger partial charge < -0.3 is 20.1 Å². The third-order valence-electron chi connectivity index (χ3n) is 5.54. The zero-order chi connectivity index (χ0) is 21.6. The number of fused-ring (bicyclic) bond motifs is 5. The van der Waals surface area contributed by atoms with Crippen LogP contribution in [-0.4, -0.2) is 20.6 Å². The number of benzene rings is 1. The quantitative estimate of drug-likeness (QED) is 0.497. The van der Waals surface area contributed by atoms with E-state index in [1.807, 2.05) is 32.0 Å². The normalized spacial score (nSPS) is 16.1. The van der Waals surface area contributed by atoms with E-state index in [9.17, 15) is 14.7 Å². The van der Waals surface area contributed by atoms with Crippen molar-refractivity contribution >= 4 is 22.9 Å². The Kier molecular flexibility index (Phi) is 5.01. The third kappa shape index (κ3) is 2.78. The molecule has 0 saturated carbocycles. The van der Waals surface area contributed by atoms with Crippen LogP contribution in [0.15, 0.2) is 35.6 Å². The summed E-state index contributed by atoms with van der Waals surface area (Å²) in [6, 6.07) is 7.48. The lowest BCUT2D eigenvalue weighted by Crippen LogP contribution is -2.32. The van der Waals surface area contributed by atoms with Crippen LogP contribution in [0.2, 0.25) is 0 Å². The zero-order valence-electron chi connectivity index (χ0n) is 16.9. The van der Waals surface area contributed by atoms with Crippen molar-refractivity contribution < 1.29 is 14.6 Å². The van der Waals surface area contributed by atoms with Crippen LogP contribution in [0.1, 0.15) is 47.8 Å². The van der Waals surface area contributed by atoms with Crippen LogP contribution in [0.3, 0.4) is 0 Å². The van der Waals surface area contributed by atoms with Crippen molar-refractivity contribution in [2.45, 2.75) is 39.6 Å². The monoisotopic (exact) mass is 405 g/mol. The summed E-state index contributed by atoms with van der Waals surface area (Å²) in [6.45, 7) is 8.31. The van der Waals surface area contributed by atoms with Gasteiger partial charge in [0, 0.05) is 23.1 Å². The van der Waals surface area contributed by atoms with Gasteiger partial charge in [-0.15, -0.1) is 0 Å². The van der Waals surface area contributed by atoms with E-state index in [0.717, 1.165) is 27.6 Å². The minimum absolute atomic E-state index is 0.136. The molecule has 2 aliphatic rings. The summed E-state index contributed by atoms with van der Waals surface area (Å²) >= 11 is 0. The average Bonchev–Trinajstić information content (AvgIpc) is 3.14. The summed E-state index contributed by atoms with van der Waals surface area (Å²) in [4.78, 5) is 29.5. The van der Waals surface area contributed by atoms with Gasteiger partial charge in [0.15, 0.2) is 6.10 Å². The first-order valence-corrected chi connectivity index (χ1v) is 9.93. The largest absolute Gasteiger partial charge is 0.458 e. The second kappa shape index (κ2) is 7.51. The minimum atomic E-state index is -1.46. The smallest absolute Gasteiger partial charge is 0.340 e. The van der Waals surface area contributed by atoms with Crippen molar-refractivity contribution in [2.24, 2.45) is 5.73 Å². The Balaban J connectivity index is 0.00000106. The van der Waals surface area contributed by atoms with E-state index in [0.29, 0.717) is 35.6 Å². The maximum atomic E-state index is 13.0. The second-order valence-corrected chi connectivity index (χ2v) is 6.97. The molecule has 0 bridgehead atoms. The lowest BCUT2D eigenvalue weighted by molar-refractivity contribution is -0.157. The number of aromatic nitrogens is 2. The van der Waals surface area contributed by atoms with E-state index in [-0.39, 0.29) is 12.2 Å². The highest BCUT2D eigenvalue weighted by Gasteiger charge is 2.34. The van der Waals surface area contributed by atoms with Gasteiger partial charge in [0.1, 0.15) is 6.61 Å². The molecule has 0 spiro atoms. The van der Waals surface area contributed by atoms with Crippen molar-refractivity contribution in [3.63, 3.8) is 0 Å². The van der Waals surface area contributed by atoms with E-state index in [4.69, 9.17) is 15.5 Å². The van der Waals surface area contributed by atoms with Gasteiger partial charge in [-0.3, -0.25) is 4.79 Å². The van der Waals surface area contributed by atoms with Crippen LogP contribution in [0.5, 0.6) is 0 Å². The highest BCUT2D eigenvalue weighted by molar-refractivity contribution is 5.90. The molecular formula is C23H23N3O4. The minimum Gasteiger partial charge on any atom is -0.458 e. The number of pyridine rings is 2. The van der Waals surface area contributed by atoms with Crippen LogP contribution in [0.25, 0.3) is 28.4 Å². The standard InChI is InChI=1S/C21H17N3O4.C2H6/c1-2-10-3-4-16-11(5-10)13(7-22)14-8-24-17(18(14)23-16)6-12-15(20(24)26)9-28-21(27)19(12)25;1-2/h2-6,19,25H,1,7-9,22H2;1-2H3. The Labute approximate surface area is 173 Å². The fourth-order valence-corrected chi connectivity index (χ4v) is 4.09. The number of nitrogens with two attached hydrogens (primary N) is 1. The Morgan fingerprint density at radius 2 is 2.07 bits per heavy atom. The van der Waals surface area contributed by atoms with Crippen molar-refractivity contribution in [1.29, 1.82) is 0 Å². The van der Waals surface area contributed by atoms with Gasteiger partial charge in [-0.05, 0) is 29.3 Å². The summed E-state index contributed by atoms with van der Waals surface area (Å²) in [5.41, 5.74) is 11.2. The molecule has 3 N–H and O–H groups in total. The van der Waals surface area contributed by atoms with Gasteiger partial charge in [-0.25, -0.2) is 9.78 Å². The average molecular weight is 405 g/mol. The van der Waals surface area contributed by atoms with Crippen molar-refractivity contribution in [3.05, 3.63) is 69.0 Å². The number of rotatable bonds is 2.